The van der Waals surface area contributed by atoms with Crippen LogP contribution in [0.15, 0.2) is 0 Å². The molecule has 1 aliphatic carbocycles. The molecule has 2 aliphatic rings. The molecular formula is C11H20F2N2O. The van der Waals surface area contributed by atoms with Gasteiger partial charge in [-0.25, -0.2) is 8.78 Å². The van der Waals surface area contributed by atoms with Gasteiger partial charge in [0.05, 0.1) is 11.1 Å². The lowest BCUT2D eigenvalue weighted by molar-refractivity contribution is -0.202. The van der Waals surface area contributed by atoms with Gasteiger partial charge in [0.1, 0.15) is 0 Å². The SMILES string of the molecule is CCN1CCC(O)(C2(N)CC(F)(F)C2)CC1. The van der Waals surface area contributed by atoms with Crippen LogP contribution in [0.1, 0.15) is 32.6 Å². The zero-order valence-electron chi connectivity index (χ0n) is 9.68. The molecule has 1 aliphatic heterocycles. The molecule has 0 aromatic heterocycles. The van der Waals surface area contributed by atoms with E-state index in [0.717, 1.165) is 19.6 Å². The van der Waals surface area contributed by atoms with Crippen molar-refractivity contribution in [3.63, 3.8) is 0 Å². The predicted molar refractivity (Wildman–Crippen MR) is 57.4 cm³/mol. The van der Waals surface area contributed by atoms with Crippen molar-refractivity contribution >= 4 is 0 Å². The van der Waals surface area contributed by atoms with E-state index in [2.05, 4.69) is 11.8 Å². The van der Waals surface area contributed by atoms with Crippen molar-refractivity contribution in [3.8, 4) is 0 Å². The normalized spacial score (nSPS) is 32.1. The Balaban J connectivity index is 2.00. The minimum absolute atomic E-state index is 0.372. The van der Waals surface area contributed by atoms with Gasteiger partial charge in [-0.2, -0.15) is 0 Å². The number of nitrogens with two attached hydrogens (primary N) is 1. The van der Waals surface area contributed by atoms with E-state index in [1.165, 1.54) is 0 Å². The molecule has 2 rings (SSSR count). The van der Waals surface area contributed by atoms with Crippen LogP contribution in [0, 0.1) is 0 Å². The fraction of sp³-hybridized carbons (Fsp3) is 1.00. The number of rotatable bonds is 2. The van der Waals surface area contributed by atoms with Crippen molar-refractivity contribution in [1.82, 2.24) is 4.90 Å². The van der Waals surface area contributed by atoms with E-state index in [1.54, 1.807) is 0 Å². The van der Waals surface area contributed by atoms with Gasteiger partial charge in [0.15, 0.2) is 0 Å². The van der Waals surface area contributed by atoms with E-state index < -0.39 is 17.1 Å². The molecule has 0 unspecified atom stereocenters. The molecule has 1 heterocycles. The minimum Gasteiger partial charge on any atom is -0.388 e. The molecule has 0 spiro atoms. The summed E-state index contributed by atoms with van der Waals surface area (Å²) in [5.74, 6) is -2.67. The summed E-state index contributed by atoms with van der Waals surface area (Å²) in [6.07, 6.45) is 0.270. The summed E-state index contributed by atoms with van der Waals surface area (Å²) in [6, 6.07) is 0. The topological polar surface area (TPSA) is 49.5 Å². The molecule has 0 aromatic carbocycles. The molecule has 1 saturated heterocycles. The van der Waals surface area contributed by atoms with Crippen LogP contribution in [0.4, 0.5) is 8.78 Å². The Kier molecular flexibility index (Phi) is 2.76. The van der Waals surface area contributed by atoms with E-state index in [-0.39, 0.29) is 12.8 Å². The van der Waals surface area contributed by atoms with Gasteiger partial charge in [-0.1, -0.05) is 6.92 Å². The molecule has 3 N–H and O–H groups in total. The van der Waals surface area contributed by atoms with Gasteiger partial charge in [0, 0.05) is 25.9 Å². The van der Waals surface area contributed by atoms with E-state index in [9.17, 15) is 13.9 Å². The van der Waals surface area contributed by atoms with Gasteiger partial charge in [-0.05, 0) is 19.4 Å². The highest BCUT2D eigenvalue weighted by Gasteiger charge is 2.63. The molecular weight excluding hydrogens is 214 g/mol. The second-order valence-corrected chi connectivity index (χ2v) is 5.33. The third-order valence-corrected chi connectivity index (χ3v) is 4.21. The summed E-state index contributed by atoms with van der Waals surface area (Å²) in [5.41, 5.74) is 3.76. The van der Waals surface area contributed by atoms with E-state index in [4.69, 9.17) is 5.73 Å². The van der Waals surface area contributed by atoms with Crippen LogP contribution in [0.5, 0.6) is 0 Å². The molecule has 1 saturated carbocycles. The van der Waals surface area contributed by atoms with E-state index in [0.29, 0.717) is 12.8 Å². The van der Waals surface area contributed by atoms with E-state index >= 15 is 0 Å². The van der Waals surface area contributed by atoms with Crippen molar-refractivity contribution in [2.45, 2.75) is 49.7 Å². The highest BCUT2D eigenvalue weighted by Crippen LogP contribution is 2.51. The Bertz CT molecular complexity index is 267. The molecule has 16 heavy (non-hydrogen) atoms. The Hall–Kier alpha value is -0.260. The maximum atomic E-state index is 12.9. The lowest BCUT2D eigenvalue weighted by atomic mass is 9.61. The lowest BCUT2D eigenvalue weighted by Gasteiger charge is -2.56. The first kappa shape index (κ1) is 12.2. The Morgan fingerprint density at radius 3 is 2.12 bits per heavy atom. The second-order valence-electron chi connectivity index (χ2n) is 5.33. The van der Waals surface area contributed by atoms with Crippen molar-refractivity contribution in [2.24, 2.45) is 5.73 Å². The number of aliphatic hydroxyl groups is 1. The monoisotopic (exact) mass is 234 g/mol. The minimum atomic E-state index is -2.67. The number of alkyl halides is 2. The van der Waals surface area contributed by atoms with Gasteiger partial charge in [0.25, 0.3) is 5.92 Å². The zero-order chi connectivity index (χ0) is 12.0. The van der Waals surface area contributed by atoms with Crippen molar-refractivity contribution in [1.29, 1.82) is 0 Å². The number of hydrogen-bond acceptors (Lipinski definition) is 3. The average molecular weight is 234 g/mol. The van der Waals surface area contributed by atoms with Gasteiger partial charge < -0.3 is 15.7 Å². The molecule has 3 nitrogen and oxygen atoms in total. The standard InChI is InChI=1S/C11H20F2N2O/c1-2-15-5-3-10(16,4-6-15)9(14)7-11(12,13)8-9/h16H,2-8,14H2,1H3. The third kappa shape index (κ3) is 1.85. The fourth-order valence-corrected chi connectivity index (χ4v) is 2.94. The van der Waals surface area contributed by atoms with Crippen LogP contribution < -0.4 is 5.73 Å². The summed E-state index contributed by atoms with van der Waals surface area (Å²) in [5, 5.41) is 10.4. The number of nitrogens with zero attached hydrogens (tertiary/aromatic N) is 1. The quantitative estimate of drug-likeness (QED) is 0.748. The zero-order valence-corrected chi connectivity index (χ0v) is 9.68. The summed E-state index contributed by atoms with van der Waals surface area (Å²) >= 11 is 0. The molecule has 0 atom stereocenters. The maximum absolute atomic E-state index is 12.9. The first-order valence-electron chi connectivity index (χ1n) is 5.92. The Morgan fingerprint density at radius 2 is 1.75 bits per heavy atom. The fourth-order valence-electron chi connectivity index (χ4n) is 2.94. The largest absolute Gasteiger partial charge is 0.388 e. The van der Waals surface area contributed by atoms with Crippen LogP contribution in [0.3, 0.4) is 0 Å². The first-order valence-corrected chi connectivity index (χ1v) is 5.92. The van der Waals surface area contributed by atoms with Crippen LogP contribution in [0.2, 0.25) is 0 Å². The summed E-state index contributed by atoms with van der Waals surface area (Å²) < 4.78 is 25.8. The van der Waals surface area contributed by atoms with Crippen molar-refractivity contribution < 1.29 is 13.9 Å². The Labute approximate surface area is 94.6 Å². The smallest absolute Gasteiger partial charge is 0.251 e. The molecule has 0 amide bonds. The Morgan fingerprint density at radius 1 is 1.25 bits per heavy atom. The number of piperidine rings is 1. The highest BCUT2D eigenvalue weighted by molar-refractivity contribution is 5.16. The first-order chi connectivity index (χ1) is 7.30. The molecule has 2 fully saturated rings. The summed E-state index contributed by atoms with van der Waals surface area (Å²) in [4.78, 5) is 2.20. The van der Waals surface area contributed by atoms with Crippen LogP contribution in [-0.2, 0) is 0 Å². The maximum Gasteiger partial charge on any atom is 0.251 e. The number of halogens is 2. The molecule has 94 valence electrons. The lowest BCUT2D eigenvalue weighted by Crippen LogP contribution is -2.73. The number of hydrogen-bond donors (Lipinski definition) is 2. The van der Waals surface area contributed by atoms with Crippen molar-refractivity contribution in [3.05, 3.63) is 0 Å². The van der Waals surface area contributed by atoms with Crippen LogP contribution in [-0.4, -0.2) is 46.7 Å². The third-order valence-electron chi connectivity index (χ3n) is 4.21. The highest BCUT2D eigenvalue weighted by atomic mass is 19.3. The molecule has 5 heteroatoms. The molecule has 0 aromatic rings. The predicted octanol–water partition coefficient (Wildman–Crippen LogP) is 0.960. The number of likely N-dealkylation sites (tertiary alicyclic amines) is 1. The van der Waals surface area contributed by atoms with Gasteiger partial charge in [-0.15, -0.1) is 0 Å². The van der Waals surface area contributed by atoms with Crippen LogP contribution >= 0.6 is 0 Å². The van der Waals surface area contributed by atoms with Gasteiger partial charge in [-0.3, -0.25) is 0 Å². The van der Waals surface area contributed by atoms with Gasteiger partial charge >= 0.3 is 0 Å². The average Bonchev–Trinajstić information content (AvgIpc) is 2.16. The summed E-state index contributed by atoms with van der Waals surface area (Å²) in [6.45, 7) is 4.49. The van der Waals surface area contributed by atoms with Crippen molar-refractivity contribution in [2.75, 3.05) is 19.6 Å². The van der Waals surface area contributed by atoms with E-state index in [1.807, 2.05) is 0 Å². The molecule has 0 radical (unpaired) electrons. The second kappa shape index (κ2) is 3.62. The molecule has 0 bridgehead atoms. The van der Waals surface area contributed by atoms with Crippen LogP contribution in [0.25, 0.3) is 0 Å². The van der Waals surface area contributed by atoms with Gasteiger partial charge in [0.2, 0.25) is 0 Å². The summed E-state index contributed by atoms with van der Waals surface area (Å²) in [7, 11) is 0.